The van der Waals surface area contributed by atoms with E-state index in [4.69, 9.17) is 0 Å². The van der Waals surface area contributed by atoms with Crippen molar-refractivity contribution in [1.29, 1.82) is 0 Å². The maximum atomic E-state index is 13.5. The van der Waals surface area contributed by atoms with Crippen molar-refractivity contribution in [2.75, 3.05) is 13.6 Å². The van der Waals surface area contributed by atoms with Crippen LogP contribution in [-0.2, 0) is 18.4 Å². The van der Waals surface area contributed by atoms with Gasteiger partial charge in [0.2, 0.25) is 0 Å². The number of aromatic amines is 1. The molecule has 2 heterocycles. The lowest BCUT2D eigenvalue weighted by Crippen LogP contribution is -2.37. The molecule has 0 unspecified atom stereocenters. The molecule has 0 aliphatic rings. The normalized spacial score (nSPS) is 12.1. The third-order valence-electron chi connectivity index (χ3n) is 4.37. The van der Waals surface area contributed by atoms with E-state index in [-0.39, 0.29) is 35.2 Å². The van der Waals surface area contributed by atoms with Crippen LogP contribution >= 0.6 is 35.3 Å². The Morgan fingerprint density at radius 1 is 1.29 bits per heavy atom. The van der Waals surface area contributed by atoms with E-state index in [1.807, 2.05) is 6.20 Å². The highest BCUT2D eigenvalue weighted by molar-refractivity contribution is 14.0. The number of hydrogen-bond acceptors (Lipinski definition) is 3. The minimum atomic E-state index is -0.216. The van der Waals surface area contributed by atoms with E-state index in [2.05, 4.69) is 51.7 Å². The van der Waals surface area contributed by atoms with Gasteiger partial charge in [0.15, 0.2) is 5.96 Å². The molecule has 0 aliphatic carbocycles. The number of rotatable bonds is 5. The van der Waals surface area contributed by atoms with Gasteiger partial charge in [0.25, 0.3) is 0 Å². The number of aliphatic imine (C=N–C) groups is 1. The molecule has 152 valence electrons. The lowest BCUT2D eigenvalue weighted by molar-refractivity contribution is 0.570. The lowest BCUT2D eigenvalue weighted by Gasteiger charge is -2.14. The lowest BCUT2D eigenvalue weighted by atomic mass is 9.93. The van der Waals surface area contributed by atoms with Gasteiger partial charge in [0.05, 0.1) is 12.2 Å². The van der Waals surface area contributed by atoms with E-state index < -0.39 is 0 Å². The molecule has 0 bridgehead atoms. The first-order chi connectivity index (χ1) is 12.9. The van der Waals surface area contributed by atoms with Gasteiger partial charge in [0, 0.05) is 41.5 Å². The van der Waals surface area contributed by atoms with Crippen molar-refractivity contribution in [3.63, 3.8) is 0 Å². The standard InChI is InChI=1S/C20H26FN5S.HI/c1-20(2,3)17-12-27-18(26-17)11-25-19(22-4)23-8-7-13-10-24-16-6-5-14(21)9-15(13)16;/h5-6,9-10,12,24H,7-8,11H2,1-4H3,(H2,22,23,25);1H. The van der Waals surface area contributed by atoms with Crippen molar-refractivity contribution in [2.24, 2.45) is 4.99 Å². The van der Waals surface area contributed by atoms with Crippen molar-refractivity contribution in [3.8, 4) is 0 Å². The summed E-state index contributed by atoms with van der Waals surface area (Å²) in [5.41, 5.74) is 3.21. The van der Waals surface area contributed by atoms with Crippen molar-refractivity contribution >= 4 is 52.2 Å². The number of guanidine groups is 1. The van der Waals surface area contributed by atoms with Crippen LogP contribution in [0.1, 0.15) is 37.0 Å². The number of nitrogens with one attached hydrogen (secondary N) is 3. The van der Waals surface area contributed by atoms with E-state index in [9.17, 15) is 4.39 Å². The van der Waals surface area contributed by atoms with Crippen LogP contribution in [0.3, 0.4) is 0 Å². The second-order valence-electron chi connectivity index (χ2n) is 7.48. The number of nitrogens with zero attached hydrogens (tertiary/aromatic N) is 2. The van der Waals surface area contributed by atoms with Gasteiger partial charge >= 0.3 is 0 Å². The largest absolute Gasteiger partial charge is 0.361 e. The van der Waals surface area contributed by atoms with Gasteiger partial charge < -0.3 is 15.6 Å². The number of halogens is 2. The first-order valence-corrected chi connectivity index (χ1v) is 9.89. The van der Waals surface area contributed by atoms with Gasteiger partial charge in [-0.25, -0.2) is 9.37 Å². The molecule has 0 saturated carbocycles. The third kappa shape index (κ3) is 5.66. The molecule has 3 rings (SSSR count). The van der Waals surface area contributed by atoms with Crippen molar-refractivity contribution in [3.05, 3.63) is 51.9 Å². The van der Waals surface area contributed by atoms with Crippen LogP contribution < -0.4 is 10.6 Å². The number of aromatic nitrogens is 2. The minimum absolute atomic E-state index is 0. The molecule has 8 heteroatoms. The van der Waals surface area contributed by atoms with Gasteiger partial charge in [-0.05, 0) is 30.2 Å². The van der Waals surface area contributed by atoms with Crippen LogP contribution in [0.2, 0.25) is 0 Å². The Balaban J connectivity index is 0.00000280. The average Bonchev–Trinajstić information content (AvgIpc) is 3.25. The van der Waals surface area contributed by atoms with Gasteiger partial charge in [-0.2, -0.15) is 0 Å². The number of H-pyrrole nitrogens is 1. The Morgan fingerprint density at radius 2 is 2.07 bits per heavy atom. The summed E-state index contributed by atoms with van der Waals surface area (Å²) in [5, 5.41) is 10.7. The fourth-order valence-electron chi connectivity index (χ4n) is 2.79. The van der Waals surface area contributed by atoms with Gasteiger partial charge in [0.1, 0.15) is 10.8 Å². The van der Waals surface area contributed by atoms with Crippen molar-refractivity contribution in [2.45, 2.75) is 39.2 Å². The SMILES string of the molecule is CN=C(NCCc1c[nH]c2ccc(F)cc12)NCc1nc(C(C)(C)C)cs1.I. The third-order valence-corrected chi connectivity index (χ3v) is 5.22. The second-order valence-corrected chi connectivity index (χ2v) is 8.43. The number of benzene rings is 1. The highest BCUT2D eigenvalue weighted by atomic mass is 127. The molecule has 0 radical (unpaired) electrons. The fourth-order valence-corrected chi connectivity index (χ4v) is 3.75. The first-order valence-electron chi connectivity index (χ1n) is 9.02. The highest BCUT2D eigenvalue weighted by Crippen LogP contribution is 2.23. The smallest absolute Gasteiger partial charge is 0.191 e. The molecular formula is C20H27FIN5S. The Bertz CT molecular complexity index is 942. The Hall–Kier alpha value is -1.68. The molecule has 0 saturated heterocycles. The Labute approximate surface area is 186 Å². The summed E-state index contributed by atoms with van der Waals surface area (Å²) in [6, 6.07) is 4.81. The number of thiazole rings is 1. The van der Waals surface area contributed by atoms with Crippen molar-refractivity contribution in [1.82, 2.24) is 20.6 Å². The summed E-state index contributed by atoms with van der Waals surface area (Å²) in [6.45, 7) is 7.83. The van der Waals surface area contributed by atoms with Gasteiger partial charge in [-0.3, -0.25) is 4.99 Å². The van der Waals surface area contributed by atoms with Gasteiger partial charge in [-0.1, -0.05) is 20.8 Å². The summed E-state index contributed by atoms with van der Waals surface area (Å²) in [5.74, 6) is 0.514. The van der Waals surface area contributed by atoms with Crippen LogP contribution in [0.15, 0.2) is 34.8 Å². The molecule has 0 spiro atoms. The van der Waals surface area contributed by atoms with E-state index in [1.165, 1.54) is 6.07 Å². The average molecular weight is 515 g/mol. The van der Waals surface area contributed by atoms with Crippen LogP contribution in [0, 0.1) is 5.82 Å². The van der Waals surface area contributed by atoms with Crippen LogP contribution in [0.25, 0.3) is 10.9 Å². The predicted molar refractivity (Wildman–Crippen MR) is 126 cm³/mol. The molecule has 3 aromatic rings. The molecule has 28 heavy (non-hydrogen) atoms. The second kappa shape index (κ2) is 9.69. The van der Waals surface area contributed by atoms with E-state index in [0.717, 1.165) is 39.5 Å². The molecule has 3 N–H and O–H groups in total. The van der Waals surface area contributed by atoms with E-state index in [0.29, 0.717) is 13.1 Å². The first kappa shape index (κ1) is 22.6. The number of hydrogen-bond donors (Lipinski definition) is 3. The monoisotopic (exact) mass is 515 g/mol. The van der Waals surface area contributed by atoms with E-state index >= 15 is 0 Å². The Morgan fingerprint density at radius 3 is 2.75 bits per heavy atom. The molecule has 5 nitrogen and oxygen atoms in total. The molecular weight excluding hydrogens is 488 g/mol. The maximum Gasteiger partial charge on any atom is 0.191 e. The van der Waals surface area contributed by atoms with Crippen LogP contribution in [0.5, 0.6) is 0 Å². The Kier molecular flexibility index (Phi) is 7.82. The van der Waals surface area contributed by atoms with Crippen LogP contribution in [0.4, 0.5) is 4.39 Å². The summed E-state index contributed by atoms with van der Waals surface area (Å²) < 4.78 is 13.5. The number of fused-ring (bicyclic) bond motifs is 1. The van der Waals surface area contributed by atoms with Crippen LogP contribution in [-0.4, -0.2) is 29.5 Å². The van der Waals surface area contributed by atoms with Crippen molar-refractivity contribution < 1.29 is 4.39 Å². The molecule has 0 atom stereocenters. The molecule has 0 aliphatic heterocycles. The predicted octanol–water partition coefficient (Wildman–Crippen LogP) is 4.59. The minimum Gasteiger partial charge on any atom is -0.361 e. The summed E-state index contributed by atoms with van der Waals surface area (Å²) in [7, 11) is 1.75. The molecule has 0 fully saturated rings. The molecule has 0 amide bonds. The summed E-state index contributed by atoms with van der Waals surface area (Å²) in [4.78, 5) is 12.1. The highest BCUT2D eigenvalue weighted by Gasteiger charge is 2.17. The summed E-state index contributed by atoms with van der Waals surface area (Å²) >= 11 is 1.66. The zero-order valence-corrected chi connectivity index (χ0v) is 19.7. The molecule has 1 aromatic carbocycles. The maximum absolute atomic E-state index is 13.5. The topological polar surface area (TPSA) is 65.1 Å². The fraction of sp³-hybridized carbons (Fsp3) is 0.400. The quantitative estimate of drug-likeness (QED) is 0.265. The van der Waals surface area contributed by atoms with Gasteiger partial charge in [-0.15, -0.1) is 35.3 Å². The molecule has 2 aromatic heterocycles. The van der Waals surface area contributed by atoms with E-state index in [1.54, 1.807) is 30.5 Å². The summed E-state index contributed by atoms with van der Waals surface area (Å²) in [6.07, 6.45) is 2.71. The zero-order chi connectivity index (χ0) is 19.4. The zero-order valence-electron chi connectivity index (χ0n) is 16.6.